The van der Waals surface area contributed by atoms with Gasteiger partial charge >= 0.3 is 0 Å². The van der Waals surface area contributed by atoms with Crippen LogP contribution in [0.3, 0.4) is 0 Å². The van der Waals surface area contributed by atoms with Crippen molar-refractivity contribution >= 4 is 45.2 Å². The summed E-state index contributed by atoms with van der Waals surface area (Å²) in [6.45, 7) is 6.26. The highest BCUT2D eigenvalue weighted by molar-refractivity contribution is 9.10. The van der Waals surface area contributed by atoms with Crippen molar-refractivity contribution < 1.29 is 14.3 Å². The maximum atomic E-state index is 12.7. The number of benzene rings is 3. The Balaban J connectivity index is 1.84. The molecule has 0 aliphatic heterocycles. The number of halogens is 2. The van der Waals surface area contributed by atoms with Crippen molar-refractivity contribution in [3.05, 3.63) is 91.4 Å². The van der Waals surface area contributed by atoms with Crippen molar-refractivity contribution in [1.82, 2.24) is 0 Å². The molecular weight excluding hydrogens is 516 g/mol. The van der Waals surface area contributed by atoms with Crippen LogP contribution in [0.15, 0.2) is 58.6 Å². The lowest BCUT2D eigenvalue weighted by Gasteiger charge is -2.14. The van der Waals surface area contributed by atoms with Gasteiger partial charge in [0, 0.05) is 10.7 Å². The first-order valence-corrected chi connectivity index (χ1v) is 11.6. The molecule has 174 valence electrons. The number of carbonyl (C=O) groups excluding carboxylic acids is 1. The number of amides is 1. The molecule has 0 radical (unpaired) electrons. The summed E-state index contributed by atoms with van der Waals surface area (Å²) in [4.78, 5) is 12.7. The maximum Gasteiger partial charge on any atom is 0.266 e. The molecule has 1 amide bonds. The fraction of sp³-hybridized carbons (Fsp3) is 0.185. The summed E-state index contributed by atoms with van der Waals surface area (Å²) in [7, 11) is 1.54. The molecule has 0 saturated heterocycles. The minimum Gasteiger partial charge on any atom is -0.493 e. The largest absolute Gasteiger partial charge is 0.493 e. The fourth-order valence-electron chi connectivity index (χ4n) is 3.52. The quantitative estimate of drug-likeness (QED) is 0.255. The van der Waals surface area contributed by atoms with Gasteiger partial charge in [0.25, 0.3) is 5.91 Å². The smallest absolute Gasteiger partial charge is 0.266 e. The summed E-state index contributed by atoms with van der Waals surface area (Å²) < 4.78 is 12.2. The summed E-state index contributed by atoms with van der Waals surface area (Å²) in [5.41, 5.74) is 5.21. The summed E-state index contributed by atoms with van der Waals surface area (Å²) in [5.74, 6) is 0.489. The molecule has 0 aromatic heterocycles. The molecule has 0 aliphatic rings. The Morgan fingerprint density at radius 2 is 1.85 bits per heavy atom. The standard InChI is InChI=1S/C27H24BrClN2O3/c1-16-8-17(2)10-20(9-16)15-34-26-22(28)12-19(13-25(26)33-4)11-21(14-30)27(32)31-24-7-5-6-23(29)18(24)3/h5-13H,15H2,1-4H3,(H,31,32)/b21-11+. The monoisotopic (exact) mass is 538 g/mol. The van der Waals surface area contributed by atoms with Gasteiger partial charge in [0.1, 0.15) is 18.2 Å². The number of nitrogens with zero attached hydrogens (tertiary/aromatic N) is 1. The number of nitriles is 1. The Morgan fingerprint density at radius 3 is 2.50 bits per heavy atom. The van der Waals surface area contributed by atoms with Gasteiger partial charge in [-0.25, -0.2) is 0 Å². The number of ether oxygens (including phenoxy) is 2. The number of methoxy groups -OCH3 is 1. The third kappa shape index (κ3) is 6.19. The predicted octanol–water partition coefficient (Wildman–Crippen LogP) is 7.16. The zero-order valence-electron chi connectivity index (χ0n) is 19.3. The van der Waals surface area contributed by atoms with E-state index in [1.807, 2.05) is 19.9 Å². The Hall–Kier alpha value is -3.27. The fourth-order valence-corrected chi connectivity index (χ4v) is 4.27. The molecule has 3 rings (SSSR count). The Bertz CT molecular complexity index is 1290. The van der Waals surface area contributed by atoms with Crippen LogP contribution in [0.2, 0.25) is 5.02 Å². The van der Waals surface area contributed by atoms with Gasteiger partial charge < -0.3 is 14.8 Å². The van der Waals surface area contributed by atoms with E-state index in [9.17, 15) is 10.1 Å². The highest BCUT2D eigenvalue weighted by Gasteiger charge is 2.15. The third-order valence-electron chi connectivity index (χ3n) is 5.11. The van der Waals surface area contributed by atoms with Gasteiger partial charge in [-0.2, -0.15) is 5.26 Å². The van der Waals surface area contributed by atoms with Gasteiger partial charge in [0.05, 0.1) is 11.6 Å². The van der Waals surface area contributed by atoms with Crippen LogP contribution in [0.25, 0.3) is 6.08 Å². The molecule has 0 bridgehead atoms. The lowest BCUT2D eigenvalue weighted by molar-refractivity contribution is -0.112. The summed E-state index contributed by atoms with van der Waals surface area (Å²) in [6.07, 6.45) is 1.50. The highest BCUT2D eigenvalue weighted by atomic mass is 79.9. The molecule has 5 nitrogen and oxygen atoms in total. The van der Waals surface area contributed by atoms with Gasteiger partial charge in [0.2, 0.25) is 0 Å². The third-order valence-corrected chi connectivity index (χ3v) is 6.11. The Kier molecular flexibility index (Phi) is 8.38. The molecule has 1 N–H and O–H groups in total. The van der Waals surface area contributed by atoms with Gasteiger partial charge in [0.15, 0.2) is 11.5 Å². The van der Waals surface area contributed by atoms with Crippen LogP contribution in [-0.4, -0.2) is 13.0 Å². The zero-order chi connectivity index (χ0) is 24.8. The topological polar surface area (TPSA) is 71.3 Å². The normalized spacial score (nSPS) is 11.0. The van der Waals surface area contributed by atoms with Crippen molar-refractivity contribution in [3.63, 3.8) is 0 Å². The van der Waals surface area contributed by atoms with Crippen molar-refractivity contribution in [2.24, 2.45) is 0 Å². The molecule has 34 heavy (non-hydrogen) atoms. The lowest BCUT2D eigenvalue weighted by atomic mass is 10.1. The molecule has 0 saturated carbocycles. The van der Waals surface area contributed by atoms with Gasteiger partial charge in [-0.15, -0.1) is 0 Å². The van der Waals surface area contributed by atoms with E-state index in [0.717, 1.165) is 11.1 Å². The van der Waals surface area contributed by atoms with E-state index in [0.29, 0.717) is 38.9 Å². The van der Waals surface area contributed by atoms with Crippen molar-refractivity contribution in [3.8, 4) is 17.6 Å². The van der Waals surface area contributed by atoms with Crippen LogP contribution in [-0.2, 0) is 11.4 Å². The Labute approximate surface area is 213 Å². The predicted molar refractivity (Wildman–Crippen MR) is 139 cm³/mol. The first kappa shape index (κ1) is 25.4. The first-order valence-electron chi connectivity index (χ1n) is 10.5. The van der Waals surface area contributed by atoms with Crippen molar-refractivity contribution in [2.45, 2.75) is 27.4 Å². The molecule has 0 atom stereocenters. The maximum absolute atomic E-state index is 12.7. The molecule has 0 unspecified atom stereocenters. The molecule has 3 aromatic rings. The SMILES string of the molecule is COc1cc(/C=C(\C#N)C(=O)Nc2cccc(Cl)c2C)cc(Br)c1OCc1cc(C)cc(C)c1. The number of anilines is 1. The van der Waals surface area contributed by atoms with E-state index in [4.69, 9.17) is 21.1 Å². The number of carbonyl (C=O) groups is 1. The molecule has 0 aliphatic carbocycles. The summed E-state index contributed by atoms with van der Waals surface area (Å²) in [6, 6.07) is 16.9. The minimum absolute atomic E-state index is 0.0581. The van der Waals surface area contributed by atoms with Crippen LogP contribution in [0, 0.1) is 32.1 Å². The second-order valence-electron chi connectivity index (χ2n) is 7.86. The molecule has 0 spiro atoms. The van der Waals surface area contributed by atoms with Gasteiger partial charge in [-0.1, -0.05) is 47.0 Å². The van der Waals surface area contributed by atoms with Crippen molar-refractivity contribution in [2.75, 3.05) is 12.4 Å². The summed E-state index contributed by atoms with van der Waals surface area (Å²) in [5, 5.41) is 12.9. The average molecular weight is 540 g/mol. The molecule has 0 heterocycles. The van der Waals surface area contributed by atoms with E-state index < -0.39 is 5.91 Å². The van der Waals surface area contributed by atoms with Crippen LogP contribution < -0.4 is 14.8 Å². The average Bonchev–Trinajstić information content (AvgIpc) is 2.78. The second-order valence-corrected chi connectivity index (χ2v) is 9.12. The number of hydrogen-bond donors (Lipinski definition) is 1. The van der Waals surface area contributed by atoms with E-state index in [1.165, 1.54) is 17.2 Å². The number of rotatable bonds is 7. The van der Waals surface area contributed by atoms with E-state index in [1.54, 1.807) is 44.4 Å². The van der Waals surface area contributed by atoms with Crippen LogP contribution in [0.1, 0.15) is 27.8 Å². The summed E-state index contributed by atoms with van der Waals surface area (Å²) >= 11 is 9.65. The highest BCUT2D eigenvalue weighted by Crippen LogP contribution is 2.38. The van der Waals surface area contributed by atoms with Gasteiger partial charge in [-0.05, 0) is 83.7 Å². The first-order chi connectivity index (χ1) is 16.2. The molecule has 7 heteroatoms. The number of hydrogen-bond acceptors (Lipinski definition) is 4. The van der Waals surface area contributed by atoms with Crippen LogP contribution in [0.5, 0.6) is 11.5 Å². The minimum atomic E-state index is -0.530. The number of nitrogens with one attached hydrogen (secondary N) is 1. The molecule has 3 aromatic carbocycles. The molecule has 0 fully saturated rings. The lowest BCUT2D eigenvalue weighted by Crippen LogP contribution is -2.14. The zero-order valence-corrected chi connectivity index (χ0v) is 21.7. The second kappa shape index (κ2) is 11.2. The van der Waals surface area contributed by atoms with E-state index >= 15 is 0 Å². The van der Waals surface area contributed by atoms with Crippen LogP contribution >= 0.6 is 27.5 Å². The Morgan fingerprint density at radius 1 is 1.15 bits per heavy atom. The number of aryl methyl sites for hydroxylation is 2. The van der Waals surface area contributed by atoms with Crippen LogP contribution in [0.4, 0.5) is 5.69 Å². The van der Waals surface area contributed by atoms with E-state index in [-0.39, 0.29) is 5.57 Å². The van der Waals surface area contributed by atoms with E-state index in [2.05, 4.69) is 39.4 Å². The molecular formula is C27H24BrClN2O3. The van der Waals surface area contributed by atoms with Gasteiger partial charge in [-0.3, -0.25) is 4.79 Å². The van der Waals surface area contributed by atoms with Crippen molar-refractivity contribution in [1.29, 1.82) is 5.26 Å².